The van der Waals surface area contributed by atoms with E-state index in [-0.39, 0.29) is 5.88 Å². The molecule has 0 saturated carbocycles. The van der Waals surface area contributed by atoms with Gasteiger partial charge in [-0.3, -0.25) is 0 Å². The molecule has 0 aliphatic heterocycles. The van der Waals surface area contributed by atoms with Crippen LogP contribution in [0.5, 0.6) is 5.88 Å². The van der Waals surface area contributed by atoms with Crippen molar-refractivity contribution in [1.29, 1.82) is 0 Å². The molecular formula is C10H16N4O2S. The van der Waals surface area contributed by atoms with Crippen LogP contribution in [-0.2, 0) is 4.79 Å². The van der Waals surface area contributed by atoms with Crippen LogP contribution >= 0.6 is 11.8 Å². The maximum atomic E-state index is 11.6. The Morgan fingerprint density at radius 2 is 2.35 bits per heavy atom. The molecule has 1 rings (SSSR count). The Bertz CT molecular complexity index is 375. The van der Waals surface area contributed by atoms with Gasteiger partial charge < -0.3 is 21.9 Å². The third-order valence-electron chi connectivity index (χ3n) is 1.99. The maximum Gasteiger partial charge on any atom is 0.329 e. The van der Waals surface area contributed by atoms with Crippen molar-refractivity contribution in [2.24, 2.45) is 11.5 Å². The molecule has 0 amide bonds. The first-order valence-electron chi connectivity index (χ1n) is 5.10. The van der Waals surface area contributed by atoms with Crippen molar-refractivity contribution in [3.8, 4) is 5.88 Å². The second-order valence-electron chi connectivity index (χ2n) is 3.29. The van der Waals surface area contributed by atoms with Crippen LogP contribution in [0.2, 0.25) is 0 Å². The summed E-state index contributed by atoms with van der Waals surface area (Å²) >= 11 is 1.51. The minimum absolute atomic E-state index is 0.0967. The topological polar surface area (TPSA) is 117 Å². The molecule has 0 fully saturated rings. The van der Waals surface area contributed by atoms with Crippen LogP contribution in [0.15, 0.2) is 18.3 Å². The molecular weight excluding hydrogens is 240 g/mol. The molecule has 0 aliphatic carbocycles. The predicted molar refractivity (Wildman–Crippen MR) is 68.4 cm³/mol. The Hall–Kier alpha value is -1.31. The van der Waals surface area contributed by atoms with E-state index in [4.69, 9.17) is 21.9 Å². The molecule has 0 aromatic carbocycles. The molecule has 6 N–H and O–H groups in total. The molecule has 1 heterocycles. The first-order chi connectivity index (χ1) is 8.15. The lowest BCUT2D eigenvalue weighted by Crippen LogP contribution is -2.35. The first kappa shape index (κ1) is 13.8. The van der Waals surface area contributed by atoms with E-state index in [1.165, 1.54) is 18.0 Å². The van der Waals surface area contributed by atoms with E-state index < -0.39 is 12.0 Å². The van der Waals surface area contributed by atoms with E-state index >= 15 is 0 Å². The standard InChI is InChI=1S/C10H16N4O2S/c11-6-17-5-3-8(13)10(15)16-9-7(12)2-1-4-14-9/h1-2,4,8H,3,5-6,11-13H2. The zero-order valence-electron chi connectivity index (χ0n) is 9.33. The van der Waals surface area contributed by atoms with Crippen LogP contribution in [0.4, 0.5) is 5.69 Å². The van der Waals surface area contributed by atoms with E-state index in [2.05, 4.69) is 4.98 Å². The number of carbonyl (C=O) groups excluding carboxylic acids is 1. The fraction of sp³-hybridized carbons (Fsp3) is 0.400. The van der Waals surface area contributed by atoms with Gasteiger partial charge in [-0.2, -0.15) is 0 Å². The lowest BCUT2D eigenvalue weighted by molar-refractivity contribution is -0.136. The number of esters is 1. The highest BCUT2D eigenvalue weighted by Gasteiger charge is 2.17. The lowest BCUT2D eigenvalue weighted by atomic mass is 10.2. The number of ether oxygens (including phenoxy) is 1. The van der Waals surface area contributed by atoms with Crippen LogP contribution in [0.1, 0.15) is 6.42 Å². The summed E-state index contributed by atoms with van der Waals surface area (Å²) in [6, 6.07) is 2.58. The largest absolute Gasteiger partial charge is 0.404 e. The molecule has 6 nitrogen and oxygen atoms in total. The summed E-state index contributed by atoms with van der Waals surface area (Å²) < 4.78 is 5.00. The van der Waals surface area contributed by atoms with Gasteiger partial charge >= 0.3 is 5.97 Å². The third kappa shape index (κ3) is 4.59. The predicted octanol–water partition coefficient (Wildman–Crippen LogP) is -0.0640. The summed E-state index contributed by atoms with van der Waals surface area (Å²) in [4.78, 5) is 15.4. The zero-order chi connectivity index (χ0) is 12.7. The Morgan fingerprint density at radius 3 is 3.00 bits per heavy atom. The minimum atomic E-state index is -0.685. The summed E-state index contributed by atoms with van der Waals surface area (Å²) in [5.74, 6) is 0.784. The zero-order valence-corrected chi connectivity index (χ0v) is 10.2. The molecule has 1 aromatic heterocycles. The number of rotatable bonds is 6. The first-order valence-corrected chi connectivity index (χ1v) is 6.26. The summed E-state index contributed by atoms with van der Waals surface area (Å²) in [6.07, 6.45) is 2.00. The van der Waals surface area contributed by atoms with Gasteiger partial charge in [-0.1, -0.05) is 0 Å². The van der Waals surface area contributed by atoms with E-state index in [1.54, 1.807) is 12.1 Å². The number of anilines is 1. The molecule has 0 saturated heterocycles. The normalized spacial score (nSPS) is 12.1. The van der Waals surface area contributed by atoms with Crippen molar-refractivity contribution >= 4 is 23.4 Å². The van der Waals surface area contributed by atoms with Crippen molar-refractivity contribution in [2.45, 2.75) is 12.5 Å². The number of pyridine rings is 1. The summed E-state index contributed by atoms with van der Waals surface area (Å²) in [5, 5.41) is 0. The molecule has 1 atom stereocenters. The van der Waals surface area contributed by atoms with Crippen molar-refractivity contribution in [1.82, 2.24) is 4.98 Å². The summed E-state index contributed by atoms with van der Waals surface area (Å²) in [7, 11) is 0. The third-order valence-corrected chi connectivity index (χ3v) is 2.75. The highest BCUT2D eigenvalue weighted by Crippen LogP contribution is 2.16. The highest BCUT2D eigenvalue weighted by molar-refractivity contribution is 7.99. The van der Waals surface area contributed by atoms with E-state index in [0.717, 1.165) is 0 Å². The van der Waals surface area contributed by atoms with E-state index in [0.29, 0.717) is 23.7 Å². The molecule has 1 unspecified atom stereocenters. The fourth-order valence-electron chi connectivity index (χ4n) is 1.07. The number of hydrogen-bond donors (Lipinski definition) is 3. The number of nitrogens with zero attached hydrogens (tertiary/aromatic N) is 1. The van der Waals surface area contributed by atoms with Crippen molar-refractivity contribution in [2.75, 3.05) is 17.4 Å². The second-order valence-corrected chi connectivity index (χ2v) is 4.44. The van der Waals surface area contributed by atoms with Gasteiger partial charge in [0.15, 0.2) is 0 Å². The molecule has 0 aliphatic rings. The number of nitrogens with two attached hydrogens (primary N) is 3. The molecule has 94 valence electrons. The quantitative estimate of drug-likeness (QED) is 0.370. The van der Waals surface area contributed by atoms with Crippen LogP contribution in [0, 0.1) is 0 Å². The highest BCUT2D eigenvalue weighted by atomic mass is 32.2. The Balaban J connectivity index is 2.46. The van der Waals surface area contributed by atoms with E-state index in [1.807, 2.05) is 0 Å². The summed E-state index contributed by atoms with van der Waals surface area (Å²) in [6.45, 7) is 0. The van der Waals surface area contributed by atoms with Gasteiger partial charge in [0.1, 0.15) is 6.04 Å². The average Bonchev–Trinajstić information content (AvgIpc) is 2.32. The molecule has 0 bridgehead atoms. The van der Waals surface area contributed by atoms with Crippen molar-refractivity contribution in [3.63, 3.8) is 0 Å². The smallest absolute Gasteiger partial charge is 0.329 e. The number of thioether (sulfide) groups is 1. The van der Waals surface area contributed by atoms with Gasteiger partial charge in [-0.05, 0) is 24.3 Å². The number of carbonyl (C=O) groups is 1. The lowest BCUT2D eigenvalue weighted by Gasteiger charge is -2.10. The SMILES string of the molecule is NCSCCC(N)C(=O)Oc1ncccc1N. The number of aromatic nitrogens is 1. The number of hydrogen-bond acceptors (Lipinski definition) is 7. The minimum Gasteiger partial charge on any atom is -0.404 e. The van der Waals surface area contributed by atoms with Gasteiger partial charge in [0.25, 0.3) is 0 Å². The van der Waals surface area contributed by atoms with E-state index in [9.17, 15) is 4.79 Å². The second kappa shape index (κ2) is 7.10. The van der Waals surface area contributed by atoms with Crippen LogP contribution in [0.3, 0.4) is 0 Å². The van der Waals surface area contributed by atoms with Crippen molar-refractivity contribution in [3.05, 3.63) is 18.3 Å². The van der Waals surface area contributed by atoms with Crippen molar-refractivity contribution < 1.29 is 9.53 Å². The fourth-order valence-corrected chi connectivity index (χ4v) is 1.66. The molecule has 0 spiro atoms. The van der Waals surface area contributed by atoms with Gasteiger partial charge in [-0.15, -0.1) is 11.8 Å². The Kier molecular flexibility index (Phi) is 5.75. The van der Waals surface area contributed by atoms with Gasteiger partial charge in [-0.25, -0.2) is 9.78 Å². The molecule has 7 heteroatoms. The monoisotopic (exact) mass is 256 g/mol. The van der Waals surface area contributed by atoms with Gasteiger partial charge in [0.2, 0.25) is 5.88 Å². The Morgan fingerprint density at radius 1 is 1.59 bits per heavy atom. The molecule has 1 aromatic rings. The van der Waals surface area contributed by atoms with Gasteiger partial charge in [0, 0.05) is 12.1 Å². The van der Waals surface area contributed by atoms with Crippen LogP contribution < -0.4 is 21.9 Å². The molecule has 0 radical (unpaired) electrons. The Labute approximate surface area is 104 Å². The number of nitrogen functional groups attached to an aromatic ring is 1. The maximum absolute atomic E-state index is 11.6. The summed E-state index contributed by atoms with van der Waals surface area (Å²) in [5.41, 5.74) is 16.9. The van der Waals surface area contributed by atoms with Gasteiger partial charge in [0.05, 0.1) is 5.69 Å². The van der Waals surface area contributed by atoms with Crippen LogP contribution in [0.25, 0.3) is 0 Å². The average molecular weight is 256 g/mol. The molecule has 17 heavy (non-hydrogen) atoms. The van der Waals surface area contributed by atoms with Crippen LogP contribution in [-0.4, -0.2) is 28.6 Å².